The van der Waals surface area contributed by atoms with Crippen molar-refractivity contribution < 1.29 is 13.5 Å². The number of hydrogen-bond donors (Lipinski definition) is 0. The average Bonchev–Trinajstić information content (AvgIpc) is 3.27. The van der Waals surface area contributed by atoms with E-state index in [1.807, 2.05) is 6.07 Å². The second-order valence-electron chi connectivity index (χ2n) is 4.66. The number of nitrogens with zero attached hydrogens (tertiary/aromatic N) is 2. The van der Waals surface area contributed by atoms with Crippen LogP contribution in [0.25, 0.3) is 0 Å². The van der Waals surface area contributed by atoms with Gasteiger partial charge in [-0.25, -0.2) is 4.98 Å². The summed E-state index contributed by atoms with van der Waals surface area (Å²) in [4.78, 5) is 7.60. The van der Waals surface area contributed by atoms with Gasteiger partial charge in [-0.1, -0.05) is 18.2 Å². The van der Waals surface area contributed by atoms with Crippen LogP contribution in [0.2, 0.25) is 0 Å². The molecule has 20 heavy (non-hydrogen) atoms. The molecule has 0 amide bonds. The van der Waals surface area contributed by atoms with Crippen LogP contribution in [-0.4, -0.2) is 9.97 Å². The van der Waals surface area contributed by atoms with Crippen LogP contribution < -0.4 is 4.74 Å². The molecule has 0 aliphatic heterocycles. The summed E-state index contributed by atoms with van der Waals surface area (Å²) in [6.07, 6.45) is 2.33. The van der Waals surface area contributed by atoms with Gasteiger partial charge in [-0.15, -0.1) is 0 Å². The van der Waals surface area contributed by atoms with E-state index in [9.17, 15) is 8.78 Å². The molecule has 3 rings (SSSR count). The first-order chi connectivity index (χ1) is 9.57. The number of para-hydroxylation sites is 1. The lowest BCUT2D eigenvalue weighted by Gasteiger charge is -2.15. The topological polar surface area (TPSA) is 35.0 Å². The summed E-state index contributed by atoms with van der Waals surface area (Å²) in [5.41, 5.74) is 0. The maximum atomic E-state index is 14.0. The van der Waals surface area contributed by atoms with Gasteiger partial charge in [-0.3, -0.25) is 0 Å². The van der Waals surface area contributed by atoms with Crippen LogP contribution >= 0.6 is 15.9 Å². The summed E-state index contributed by atoms with van der Waals surface area (Å²) in [6.45, 7) is 0. The SMILES string of the molecule is FC(F)(c1ncc(Br)c(Oc2ccccc2)n1)C1CC1. The molecule has 3 nitrogen and oxygen atoms in total. The summed E-state index contributed by atoms with van der Waals surface area (Å²) in [5, 5.41) is 0. The summed E-state index contributed by atoms with van der Waals surface area (Å²) in [5.74, 6) is -3.48. The third kappa shape index (κ3) is 2.65. The van der Waals surface area contributed by atoms with E-state index in [0.29, 0.717) is 23.1 Å². The quantitative estimate of drug-likeness (QED) is 0.819. The van der Waals surface area contributed by atoms with Crippen LogP contribution in [0.15, 0.2) is 41.0 Å². The molecule has 6 heteroatoms. The number of halogens is 3. The molecular formula is C14H11BrF2N2O. The first-order valence-electron chi connectivity index (χ1n) is 6.21. The van der Waals surface area contributed by atoms with Gasteiger partial charge in [0.1, 0.15) is 5.75 Å². The van der Waals surface area contributed by atoms with Crippen molar-refractivity contribution in [3.63, 3.8) is 0 Å². The summed E-state index contributed by atoms with van der Waals surface area (Å²) in [7, 11) is 0. The van der Waals surface area contributed by atoms with E-state index in [1.165, 1.54) is 6.20 Å². The molecule has 0 atom stereocenters. The van der Waals surface area contributed by atoms with E-state index >= 15 is 0 Å². The number of benzene rings is 1. The monoisotopic (exact) mass is 340 g/mol. The maximum Gasteiger partial charge on any atom is 0.309 e. The number of ether oxygens (including phenoxy) is 1. The molecule has 104 valence electrons. The molecule has 1 aromatic carbocycles. The highest BCUT2D eigenvalue weighted by atomic mass is 79.9. The largest absolute Gasteiger partial charge is 0.438 e. The average molecular weight is 341 g/mol. The number of rotatable bonds is 4. The van der Waals surface area contributed by atoms with E-state index in [1.54, 1.807) is 24.3 Å². The maximum absolute atomic E-state index is 14.0. The van der Waals surface area contributed by atoms with Crippen molar-refractivity contribution in [3.8, 4) is 11.6 Å². The minimum atomic E-state index is -2.99. The van der Waals surface area contributed by atoms with Gasteiger partial charge in [-0.05, 0) is 40.9 Å². The Hall–Kier alpha value is -1.56. The second kappa shape index (κ2) is 5.09. The first kappa shape index (κ1) is 13.4. The fourth-order valence-electron chi connectivity index (χ4n) is 1.81. The Kier molecular flexibility index (Phi) is 3.41. The van der Waals surface area contributed by atoms with Crippen LogP contribution in [0.4, 0.5) is 8.78 Å². The van der Waals surface area contributed by atoms with E-state index in [0.717, 1.165) is 0 Å². The predicted octanol–water partition coefficient (Wildman–Crippen LogP) is 4.53. The Bertz CT molecular complexity index is 618. The van der Waals surface area contributed by atoms with Crippen LogP contribution in [0, 0.1) is 5.92 Å². The number of hydrogen-bond acceptors (Lipinski definition) is 3. The van der Waals surface area contributed by atoms with E-state index < -0.39 is 17.7 Å². The molecule has 1 aliphatic rings. The highest BCUT2D eigenvalue weighted by Gasteiger charge is 2.50. The molecule has 1 heterocycles. The normalized spacial score (nSPS) is 15.2. The number of alkyl halides is 2. The lowest BCUT2D eigenvalue weighted by atomic mass is 10.2. The first-order valence-corrected chi connectivity index (χ1v) is 7.00. The Morgan fingerprint density at radius 1 is 1.20 bits per heavy atom. The molecule has 1 fully saturated rings. The Morgan fingerprint density at radius 2 is 1.90 bits per heavy atom. The fraction of sp³-hybridized carbons (Fsp3) is 0.286. The highest BCUT2D eigenvalue weighted by molar-refractivity contribution is 9.10. The molecular weight excluding hydrogens is 330 g/mol. The van der Waals surface area contributed by atoms with Gasteiger partial charge in [0.05, 0.1) is 4.47 Å². The minimum absolute atomic E-state index is 0.0986. The lowest BCUT2D eigenvalue weighted by Crippen LogP contribution is -2.20. The molecule has 0 unspecified atom stereocenters. The Morgan fingerprint density at radius 3 is 2.55 bits per heavy atom. The summed E-state index contributed by atoms with van der Waals surface area (Å²) in [6, 6.07) is 8.89. The smallest absolute Gasteiger partial charge is 0.309 e. The number of aromatic nitrogens is 2. The van der Waals surface area contributed by atoms with Crippen LogP contribution in [-0.2, 0) is 5.92 Å². The Balaban J connectivity index is 1.91. The molecule has 0 N–H and O–H groups in total. The van der Waals surface area contributed by atoms with Crippen molar-refractivity contribution in [1.82, 2.24) is 9.97 Å². The predicted molar refractivity (Wildman–Crippen MR) is 72.9 cm³/mol. The third-order valence-corrected chi connectivity index (χ3v) is 3.60. The minimum Gasteiger partial charge on any atom is -0.438 e. The zero-order valence-corrected chi connectivity index (χ0v) is 12.0. The molecule has 0 saturated heterocycles. The van der Waals surface area contributed by atoms with Gasteiger partial charge in [0, 0.05) is 12.1 Å². The van der Waals surface area contributed by atoms with Gasteiger partial charge in [0.2, 0.25) is 11.7 Å². The van der Waals surface area contributed by atoms with Crippen molar-refractivity contribution in [2.24, 2.45) is 5.92 Å². The van der Waals surface area contributed by atoms with Gasteiger partial charge < -0.3 is 4.74 Å². The molecule has 2 aromatic rings. The fourth-order valence-corrected chi connectivity index (χ4v) is 2.08. The van der Waals surface area contributed by atoms with Crippen molar-refractivity contribution in [2.75, 3.05) is 0 Å². The zero-order valence-electron chi connectivity index (χ0n) is 10.4. The van der Waals surface area contributed by atoms with Crippen molar-refractivity contribution in [1.29, 1.82) is 0 Å². The van der Waals surface area contributed by atoms with E-state index in [2.05, 4.69) is 25.9 Å². The van der Waals surface area contributed by atoms with Crippen molar-refractivity contribution >= 4 is 15.9 Å². The summed E-state index contributed by atoms with van der Waals surface area (Å²) >= 11 is 3.21. The summed E-state index contributed by atoms with van der Waals surface area (Å²) < 4.78 is 33.9. The molecule has 1 aliphatic carbocycles. The lowest BCUT2D eigenvalue weighted by molar-refractivity contribution is -0.0379. The molecule has 0 spiro atoms. The highest BCUT2D eigenvalue weighted by Crippen LogP contribution is 2.49. The second-order valence-corrected chi connectivity index (χ2v) is 5.51. The molecule has 1 saturated carbocycles. The van der Waals surface area contributed by atoms with E-state index in [4.69, 9.17) is 4.74 Å². The van der Waals surface area contributed by atoms with Crippen LogP contribution in [0.1, 0.15) is 18.7 Å². The van der Waals surface area contributed by atoms with Crippen LogP contribution in [0.5, 0.6) is 11.6 Å². The van der Waals surface area contributed by atoms with Gasteiger partial charge in [0.15, 0.2) is 0 Å². The van der Waals surface area contributed by atoms with Gasteiger partial charge >= 0.3 is 5.92 Å². The molecule has 1 aromatic heterocycles. The molecule has 0 bridgehead atoms. The van der Waals surface area contributed by atoms with Crippen molar-refractivity contribution in [2.45, 2.75) is 18.8 Å². The zero-order chi connectivity index (χ0) is 14.2. The Labute approximate surface area is 123 Å². The van der Waals surface area contributed by atoms with Crippen LogP contribution in [0.3, 0.4) is 0 Å². The van der Waals surface area contributed by atoms with E-state index in [-0.39, 0.29) is 5.88 Å². The third-order valence-electron chi connectivity index (χ3n) is 3.06. The van der Waals surface area contributed by atoms with Crippen molar-refractivity contribution in [3.05, 3.63) is 46.8 Å². The van der Waals surface area contributed by atoms with Gasteiger partial charge in [-0.2, -0.15) is 13.8 Å². The standard InChI is InChI=1S/C14H11BrF2N2O/c15-11-8-18-13(14(16,17)9-6-7-9)19-12(11)20-10-4-2-1-3-5-10/h1-5,8-9H,6-7H2. The van der Waals surface area contributed by atoms with Gasteiger partial charge in [0.25, 0.3) is 0 Å². The molecule has 0 radical (unpaired) electrons.